The van der Waals surface area contributed by atoms with Crippen molar-refractivity contribution in [3.05, 3.63) is 65.7 Å². The number of likely N-dealkylation sites (tertiary alicyclic amines) is 1. The van der Waals surface area contributed by atoms with Crippen LogP contribution in [0.3, 0.4) is 0 Å². The molecule has 2 aromatic carbocycles. The number of anilines is 1. The molecule has 3 fully saturated rings. The first-order valence-corrected chi connectivity index (χ1v) is 16.3. The summed E-state index contributed by atoms with van der Waals surface area (Å²) in [6.07, 6.45) is 7.83. The lowest BCUT2D eigenvalue weighted by atomic mass is 9.74. The van der Waals surface area contributed by atoms with Gasteiger partial charge in [-0.2, -0.15) is 0 Å². The summed E-state index contributed by atoms with van der Waals surface area (Å²) in [5, 5.41) is 6.32. The van der Waals surface area contributed by atoms with Gasteiger partial charge in [0.2, 0.25) is 17.7 Å². The minimum Gasteiger partial charge on any atom is -0.493 e. The smallest absolute Gasteiger partial charge is 0.246 e. The van der Waals surface area contributed by atoms with Crippen molar-refractivity contribution in [3.8, 4) is 11.5 Å². The zero-order valence-electron chi connectivity index (χ0n) is 26.9. The number of carbonyl (C=O) groups is 3. The summed E-state index contributed by atoms with van der Waals surface area (Å²) in [5.41, 5.74) is 1.58. The van der Waals surface area contributed by atoms with Gasteiger partial charge in [-0.05, 0) is 66.5 Å². The number of methoxy groups -OCH3 is 2. The molecule has 240 valence electrons. The van der Waals surface area contributed by atoms with E-state index in [0.29, 0.717) is 35.4 Å². The Balaban J connectivity index is 1.28. The summed E-state index contributed by atoms with van der Waals surface area (Å²) in [5.74, 6) is -0.319. The van der Waals surface area contributed by atoms with Crippen LogP contribution in [0.4, 0.5) is 5.69 Å². The van der Waals surface area contributed by atoms with Gasteiger partial charge in [-0.25, -0.2) is 0 Å². The van der Waals surface area contributed by atoms with Gasteiger partial charge in [0.25, 0.3) is 0 Å². The molecule has 7 atom stereocenters. The maximum absolute atomic E-state index is 14.4. The molecular formula is C36H45N3O6. The minimum atomic E-state index is -1.20. The van der Waals surface area contributed by atoms with E-state index in [1.165, 1.54) is 5.56 Å². The number of carbonyl (C=O) groups excluding carboxylic acids is 3. The molecule has 1 spiro atoms. The fourth-order valence-corrected chi connectivity index (χ4v) is 7.76. The van der Waals surface area contributed by atoms with Crippen LogP contribution in [0.2, 0.25) is 0 Å². The van der Waals surface area contributed by atoms with Crippen molar-refractivity contribution in [3.63, 3.8) is 0 Å². The van der Waals surface area contributed by atoms with Gasteiger partial charge in [-0.15, -0.1) is 0 Å². The number of amides is 3. The average molecular weight is 616 g/mol. The molecule has 0 aromatic heterocycles. The van der Waals surface area contributed by atoms with E-state index in [2.05, 4.69) is 31.4 Å². The molecule has 2 N–H and O–H groups in total. The number of hydrogen-bond acceptors (Lipinski definition) is 6. The van der Waals surface area contributed by atoms with Gasteiger partial charge in [0.05, 0.1) is 32.2 Å². The Hall–Kier alpha value is -3.85. The Morgan fingerprint density at radius 1 is 1.02 bits per heavy atom. The molecule has 9 heteroatoms. The van der Waals surface area contributed by atoms with Crippen molar-refractivity contribution >= 4 is 23.4 Å². The maximum atomic E-state index is 14.4. The van der Waals surface area contributed by atoms with Crippen molar-refractivity contribution in [2.45, 2.75) is 82.6 Å². The third kappa shape index (κ3) is 5.60. The normalized spacial score (nSPS) is 30.0. The van der Waals surface area contributed by atoms with E-state index in [1.807, 2.05) is 54.6 Å². The van der Waals surface area contributed by atoms with Crippen molar-refractivity contribution in [2.75, 3.05) is 26.1 Å². The van der Waals surface area contributed by atoms with Crippen molar-refractivity contribution in [1.29, 1.82) is 0 Å². The molecule has 3 aliphatic heterocycles. The van der Waals surface area contributed by atoms with Crippen LogP contribution in [0.5, 0.6) is 11.5 Å². The molecule has 4 aliphatic rings. The Morgan fingerprint density at radius 2 is 1.76 bits per heavy atom. The summed E-state index contributed by atoms with van der Waals surface area (Å²) < 4.78 is 17.4. The SMILES string of the molecule is COc1ccc(CCN2C(=O)[C@H]3[C@H](C(=O)Nc4ccc(C(C)C)cc4)[C@H]4C=C[C@@]3(O4)[C@@H]2C(=O)N[C@H]2CCCC[C@@H]2C)cc1OC. The van der Waals surface area contributed by atoms with Crippen LogP contribution < -0.4 is 20.1 Å². The van der Waals surface area contributed by atoms with Gasteiger partial charge in [0.1, 0.15) is 11.6 Å². The molecule has 1 aliphatic carbocycles. The summed E-state index contributed by atoms with van der Waals surface area (Å²) in [6.45, 7) is 6.70. The van der Waals surface area contributed by atoms with E-state index >= 15 is 0 Å². The lowest BCUT2D eigenvalue weighted by Gasteiger charge is -2.36. The first kappa shape index (κ1) is 31.1. The van der Waals surface area contributed by atoms with E-state index in [0.717, 1.165) is 31.2 Å². The number of hydrogen-bond donors (Lipinski definition) is 2. The molecule has 0 unspecified atom stereocenters. The molecule has 2 bridgehead atoms. The lowest BCUT2D eigenvalue weighted by molar-refractivity contribution is -0.141. The van der Waals surface area contributed by atoms with Gasteiger partial charge < -0.3 is 29.7 Å². The van der Waals surface area contributed by atoms with Gasteiger partial charge in [0.15, 0.2) is 11.5 Å². The van der Waals surface area contributed by atoms with Gasteiger partial charge in [-0.1, -0.05) is 64.0 Å². The average Bonchev–Trinajstić information content (AvgIpc) is 3.68. The highest BCUT2D eigenvalue weighted by Gasteiger charge is 2.72. The maximum Gasteiger partial charge on any atom is 0.246 e. The predicted octanol–water partition coefficient (Wildman–Crippen LogP) is 4.85. The third-order valence-corrected chi connectivity index (χ3v) is 10.3. The Kier molecular flexibility index (Phi) is 8.66. The van der Waals surface area contributed by atoms with Crippen molar-refractivity contribution in [1.82, 2.24) is 10.2 Å². The topological polar surface area (TPSA) is 106 Å². The number of fused-ring (bicyclic) bond motifs is 1. The zero-order valence-corrected chi connectivity index (χ0v) is 26.9. The van der Waals surface area contributed by atoms with Crippen LogP contribution in [0, 0.1) is 17.8 Å². The van der Waals surface area contributed by atoms with Crippen LogP contribution in [-0.2, 0) is 25.5 Å². The first-order chi connectivity index (χ1) is 21.7. The van der Waals surface area contributed by atoms with E-state index < -0.39 is 29.6 Å². The number of benzene rings is 2. The molecule has 2 saturated heterocycles. The molecule has 45 heavy (non-hydrogen) atoms. The van der Waals surface area contributed by atoms with E-state index in [9.17, 15) is 14.4 Å². The van der Waals surface area contributed by atoms with Crippen LogP contribution >= 0.6 is 0 Å². The number of ether oxygens (including phenoxy) is 3. The molecular weight excluding hydrogens is 570 g/mol. The number of nitrogens with one attached hydrogen (secondary N) is 2. The number of rotatable bonds is 10. The molecule has 3 amide bonds. The summed E-state index contributed by atoms with van der Waals surface area (Å²) in [4.78, 5) is 44.1. The molecule has 1 saturated carbocycles. The molecule has 0 radical (unpaired) electrons. The highest BCUT2D eigenvalue weighted by Crippen LogP contribution is 2.55. The van der Waals surface area contributed by atoms with E-state index in [-0.39, 0.29) is 30.3 Å². The van der Waals surface area contributed by atoms with Crippen LogP contribution in [-0.4, -0.2) is 67.2 Å². The third-order valence-electron chi connectivity index (χ3n) is 10.3. The monoisotopic (exact) mass is 615 g/mol. The fourth-order valence-electron chi connectivity index (χ4n) is 7.76. The molecule has 3 heterocycles. The Morgan fingerprint density at radius 3 is 2.44 bits per heavy atom. The predicted molar refractivity (Wildman–Crippen MR) is 171 cm³/mol. The van der Waals surface area contributed by atoms with Crippen molar-refractivity contribution in [2.24, 2.45) is 17.8 Å². The molecule has 6 rings (SSSR count). The van der Waals surface area contributed by atoms with Crippen LogP contribution in [0.25, 0.3) is 0 Å². The molecule has 9 nitrogen and oxygen atoms in total. The Labute approximate surface area is 265 Å². The highest BCUT2D eigenvalue weighted by atomic mass is 16.5. The second-order valence-electron chi connectivity index (χ2n) is 13.3. The van der Waals surface area contributed by atoms with E-state index in [1.54, 1.807) is 19.1 Å². The van der Waals surface area contributed by atoms with Crippen LogP contribution in [0.1, 0.15) is 63.5 Å². The second-order valence-corrected chi connectivity index (χ2v) is 13.3. The lowest BCUT2D eigenvalue weighted by Crippen LogP contribution is -2.57. The van der Waals surface area contributed by atoms with Gasteiger partial charge >= 0.3 is 0 Å². The molecule has 2 aromatic rings. The fraction of sp³-hybridized carbons (Fsp3) is 0.528. The highest BCUT2D eigenvalue weighted by molar-refractivity contribution is 6.02. The largest absolute Gasteiger partial charge is 0.493 e. The summed E-state index contributed by atoms with van der Waals surface area (Å²) >= 11 is 0. The second kappa shape index (κ2) is 12.5. The minimum absolute atomic E-state index is 0.0417. The van der Waals surface area contributed by atoms with E-state index in [4.69, 9.17) is 14.2 Å². The van der Waals surface area contributed by atoms with Crippen molar-refractivity contribution < 1.29 is 28.6 Å². The Bertz CT molecular complexity index is 1470. The summed E-state index contributed by atoms with van der Waals surface area (Å²) in [7, 11) is 3.17. The quantitative estimate of drug-likeness (QED) is 0.370. The van der Waals surface area contributed by atoms with Gasteiger partial charge in [-0.3, -0.25) is 14.4 Å². The first-order valence-electron chi connectivity index (χ1n) is 16.3. The zero-order chi connectivity index (χ0) is 31.9. The standard InChI is InChI=1S/C36H45N3O6/c1-21(2)24-11-13-25(14-12-24)37-33(40)30-28-16-18-36(45-28)31(30)35(42)39(19-17-23-10-15-27(43-4)29(20-23)44-5)32(36)34(41)38-26-9-7-6-8-22(26)3/h10-16,18,20-22,26,28,30-32H,6-9,17,19H2,1-5H3,(H,37,40)(H,38,41)/t22-,26-,28+,30+,31+,32-,36-/m0/s1. The van der Waals surface area contributed by atoms with Gasteiger partial charge in [0, 0.05) is 18.3 Å². The number of nitrogens with zero attached hydrogens (tertiary/aromatic N) is 1. The van der Waals surface area contributed by atoms with Crippen LogP contribution in [0.15, 0.2) is 54.6 Å². The summed E-state index contributed by atoms with van der Waals surface area (Å²) in [6, 6.07) is 12.6.